The summed E-state index contributed by atoms with van der Waals surface area (Å²) >= 11 is 0. The van der Waals surface area contributed by atoms with Crippen LogP contribution in [0.4, 0.5) is 11.5 Å². The van der Waals surface area contributed by atoms with Gasteiger partial charge in [0.2, 0.25) is 0 Å². The van der Waals surface area contributed by atoms with Crippen LogP contribution in [0.5, 0.6) is 0 Å². The topological polar surface area (TPSA) is 58.1 Å². The highest BCUT2D eigenvalue weighted by molar-refractivity contribution is 6.02. The van der Waals surface area contributed by atoms with E-state index in [9.17, 15) is 4.79 Å². The maximum absolute atomic E-state index is 12.2. The second-order valence-corrected chi connectivity index (χ2v) is 6.18. The number of nitrogens with zero attached hydrogens (tertiary/aromatic N) is 3. The van der Waals surface area contributed by atoms with Gasteiger partial charge in [0.05, 0.1) is 12.4 Å². The van der Waals surface area contributed by atoms with E-state index in [1.807, 2.05) is 24.3 Å². The monoisotopic (exact) mass is 310 g/mol. The Morgan fingerprint density at radius 1 is 1.09 bits per heavy atom. The maximum atomic E-state index is 12.2. The summed E-state index contributed by atoms with van der Waals surface area (Å²) in [6.45, 7) is 6.32. The molecule has 23 heavy (non-hydrogen) atoms. The molecule has 1 amide bonds. The summed E-state index contributed by atoms with van der Waals surface area (Å²) in [5.74, 6) is 1.09. The van der Waals surface area contributed by atoms with Crippen molar-refractivity contribution in [2.24, 2.45) is 0 Å². The summed E-state index contributed by atoms with van der Waals surface area (Å²) in [7, 11) is 0. The molecule has 0 bridgehead atoms. The van der Waals surface area contributed by atoms with Crippen molar-refractivity contribution in [3.8, 4) is 0 Å². The molecule has 1 aromatic carbocycles. The predicted molar refractivity (Wildman–Crippen MR) is 92.0 cm³/mol. The molecule has 0 saturated carbocycles. The normalized spacial score (nSPS) is 14.3. The molecule has 0 aliphatic carbocycles. The lowest BCUT2D eigenvalue weighted by molar-refractivity contribution is 0.102. The van der Waals surface area contributed by atoms with Crippen molar-refractivity contribution in [2.45, 2.75) is 32.6 Å². The molecular formula is C18H22N4O. The number of anilines is 2. The Morgan fingerprint density at radius 2 is 1.78 bits per heavy atom. The number of aromatic nitrogens is 2. The molecule has 0 spiro atoms. The zero-order valence-corrected chi connectivity index (χ0v) is 13.6. The number of hydrogen-bond donors (Lipinski definition) is 1. The molecule has 1 aliphatic heterocycles. The standard InChI is InChI=1S/C18H22N4O/c1-13(2)14-5-7-15(8-6-14)21-18(23)16-11-20-17(12-19-16)22-9-3-4-10-22/h5-8,11-13H,3-4,9-10H2,1-2H3,(H,21,23). The first kappa shape index (κ1) is 15.5. The first-order chi connectivity index (χ1) is 11.1. The van der Waals surface area contributed by atoms with Crippen LogP contribution < -0.4 is 10.2 Å². The highest BCUT2D eigenvalue weighted by Crippen LogP contribution is 2.18. The van der Waals surface area contributed by atoms with Crippen LogP contribution in [-0.4, -0.2) is 29.0 Å². The van der Waals surface area contributed by atoms with E-state index in [2.05, 4.69) is 34.0 Å². The zero-order chi connectivity index (χ0) is 16.2. The number of carbonyl (C=O) groups excluding carboxylic acids is 1. The van der Waals surface area contributed by atoms with Gasteiger partial charge in [0.25, 0.3) is 5.91 Å². The Balaban J connectivity index is 1.65. The second kappa shape index (κ2) is 6.77. The van der Waals surface area contributed by atoms with Crippen molar-refractivity contribution in [1.82, 2.24) is 9.97 Å². The van der Waals surface area contributed by atoms with Gasteiger partial charge in [0, 0.05) is 18.8 Å². The van der Waals surface area contributed by atoms with Gasteiger partial charge >= 0.3 is 0 Å². The van der Waals surface area contributed by atoms with E-state index in [1.165, 1.54) is 18.4 Å². The fourth-order valence-corrected chi connectivity index (χ4v) is 2.69. The Kier molecular flexibility index (Phi) is 4.55. The number of carbonyl (C=O) groups is 1. The van der Waals surface area contributed by atoms with Crippen LogP contribution in [0.3, 0.4) is 0 Å². The van der Waals surface area contributed by atoms with Gasteiger partial charge in [-0.15, -0.1) is 0 Å². The SMILES string of the molecule is CC(C)c1ccc(NC(=O)c2cnc(N3CCCC3)cn2)cc1. The molecule has 2 aromatic rings. The van der Waals surface area contributed by atoms with Crippen LogP contribution in [0, 0.1) is 0 Å². The number of amides is 1. The minimum absolute atomic E-state index is 0.234. The van der Waals surface area contributed by atoms with Crippen LogP contribution in [0.25, 0.3) is 0 Å². The molecule has 0 atom stereocenters. The van der Waals surface area contributed by atoms with Crippen molar-refractivity contribution in [2.75, 3.05) is 23.3 Å². The van der Waals surface area contributed by atoms with E-state index in [0.717, 1.165) is 24.6 Å². The zero-order valence-electron chi connectivity index (χ0n) is 13.6. The third-order valence-corrected chi connectivity index (χ3v) is 4.14. The largest absolute Gasteiger partial charge is 0.355 e. The highest BCUT2D eigenvalue weighted by Gasteiger charge is 2.15. The van der Waals surface area contributed by atoms with E-state index in [1.54, 1.807) is 12.4 Å². The van der Waals surface area contributed by atoms with E-state index in [-0.39, 0.29) is 5.91 Å². The maximum Gasteiger partial charge on any atom is 0.275 e. The summed E-state index contributed by atoms with van der Waals surface area (Å²) in [5, 5.41) is 2.86. The van der Waals surface area contributed by atoms with E-state index in [4.69, 9.17) is 0 Å². The molecular weight excluding hydrogens is 288 g/mol. The molecule has 2 heterocycles. The summed E-state index contributed by atoms with van der Waals surface area (Å²) in [4.78, 5) is 23.0. The van der Waals surface area contributed by atoms with Crippen molar-refractivity contribution >= 4 is 17.4 Å². The first-order valence-corrected chi connectivity index (χ1v) is 8.12. The van der Waals surface area contributed by atoms with Crippen molar-refractivity contribution in [1.29, 1.82) is 0 Å². The van der Waals surface area contributed by atoms with Crippen LogP contribution in [0.2, 0.25) is 0 Å². The third-order valence-electron chi connectivity index (χ3n) is 4.14. The minimum Gasteiger partial charge on any atom is -0.355 e. The van der Waals surface area contributed by atoms with Gasteiger partial charge in [-0.3, -0.25) is 4.79 Å². The number of hydrogen-bond acceptors (Lipinski definition) is 4. The van der Waals surface area contributed by atoms with E-state index < -0.39 is 0 Å². The molecule has 0 unspecified atom stereocenters. The fourth-order valence-electron chi connectivity index (χ4n) is 2.69. The molecule has 5 heteroatoms. The Labute approximate surface area is 136 Å². The van der Waals surface area contributed by atoms with Gasteiger partial charge in [0.15, 0.2) is 0 Å². The lowest BCUT2D eigenvalue weighted by atomic mass is 10.0. The molecule has 120 valence electrons. The Bertz CT molecular complexity index is 658. The molecule has 1 aromatic heterocycles. The van der Waals surface area contributed by atoms with Gasteiger partial charge in [-0.25, -0.2) is 9.97 Å². The minimum atomic E-state index is -0.234. The molecule has 1 saturated heterocycles. The summed E-state index contributed by atoms with van der Waals surface area (Å²) < 4.78 is 0. The number of rotatable bonds is 4. The predicted octanol–water partition coefficient (Wildman–Crippen LogP) is 3.45. The first-order valence-electron chi connectivity index (χ1n) is 8.12. The number of nitrogens with one attached hydrogen (secondary N) is 1. The Hall–Kier alpha value is -2.43. The lowest BCUT2D eigenvalue weighted by Gasteiger charge is -2.15. The van der Waals surface area contributed by atoms with Gasteiger partial charge < -0.3 is 10.2 Å². The van der Waals surface area contributed by atoms with Crippen molar-refractivity contribution < 1.29 is 4.79 Å². The smallest absolute Gasteiger partial charge is 0.275 e. The quantitative estimate of drug-likeness (QED) is 0.939. The third kappa shape index (κ3) is 3.67. The van der Waals surface area contributed by atoms with Crippen molar-refractivity contribution in [3.63, 3.8) is 0 Å². The average molecular weight is 310 g/mol. The molecule has 0 radical (unpaired) electrons. The van der Waals surface area contributed by atoms with E-state index >= 15 is 0 Å². The lowest BCUT2D eigenvalue weighted by Crippen LogP contribution is -2.20. The van der Waals surface area contributed by atoms with Crippen LogP contribution in [0.1, 0.15) is 48.7 Å². The van der Waals surface area contributed by atoms with E-state index in [0.29, 0.717) is 11.6 Å². The van der Waals surface area contributed by atoms with Crippen LogP contribution >= 0.6 is 0 Å². The van der Waals surface area contributed by atoms with Gasteiger partial charge in [-0.1, -0.05) is 26.0 Å². The fraction of sp³-hybridized carbons (Fsp3) is 0.389. The second-order valence-electron chi connectivity index (χ2n) is 6.18. The van der Waals surface area contributed by atoms with Crippen LogP contribution in [0.15, 0.2) is 36.7 Å². The highest BCUT2D eigenvalue weighted by atomic mass is 16.1. The molecule has 1 N–H and O–H groups in total. The molecule has 1 aliphatic rings. The Morgan fingerprint density at radius 3 is 2.35 bits per heavy atom. The summed E-state index contributed by atoms with van der Waals surface area (Å²) in [6, 6.07) is 7.89. The average Bonchev–Trinajstić information content (AvgIpc) is 3.10. The molecule has 3 rings (SSSR count). The molecule has 5 nitrogen and oxygen atoms in total. The van der Waals surface area contributed by atoms with Crippen molar-refractivity contribution in [3.05, 3.63) is 47.9 Å². The van der Waals surface area contributed by atoms with Crippen LogP contribution in [-0.2, 0) is 0 Å². The van der Waals surface area contributed by atoms with Gasteiger partial charge in [-0.2, -0.15) is 0 Å². The summed E-state index contributed by atoms with van der Waals surface area (Å²) in [6.07, 6.45) is 5.61. The van der Waals surface area contributed by atoms with Gasteiger partial charge in [-0.05, 0) is 36.5 Å². The summed E-state index contributed by atoms with van der Waals surface area (Å²) in [5.41, 5.74) is 2.35. The molecule has 1 fully saturated rings. The van der Waals surface area contributed by atoms with Gasteiger partial charge in [0.1, 0.15) is 11.5 Å². The number of benzene rings is 1.